The summed E-state index contributed by atoms with van der Waals surface area (Å²) in [5.74, 6) is -2.27. The van der Waals surface area contributed by atoms with Crippen LogP contribution in [0.5, 0.6) is 0 Å². The molecule has 2 atom stereocenters. The van der Waals surface area contributed by atoms with Gasteiger partial charge in [0.15, 0.2) is 0 Å². The Morgan fingerprint density at radius 1 is 0.895 bits per heavy atom. The topological polar surface area (TPSA) is 98.7 Å². The number of nitrogens with one attached hydrogen (secondary N) is 2. The maximum Gasteiger partial charge on any atom is 0.411 e. The van der Waals surface area contributed by atoms with E-state index in [1.807, 2.05) is 0 Å². The van der Waals surface area contributed by atoms with Crippen LogP contribution in [0.25, 0.3) is 0 Å². The fourth-order valence-electron chi connectivity index (χ4n) is 4.23. The summed E-state index contributed by atoms with van der Waals surface area (Å²) in [5, 5.41) is 15.6. The molecule has 0 saturated heterocycles. The number of hydrogen-bond acceptors (Lipinski definition) is 3. The zero-order valence-corrected chi connectivity index (χ0v) is 23.6. The van der Waals surface area contributed by atoms with Crippen LogP contribution in [0.4, 0.5) is 21.9 Å². The van der Waals surface area contributed by atoms with Gasteiger partial charge in [0.2, 0.25) is 5.91 Å². The number of carbonyl (C=O) groups excluding carboxylic acids is 2. The summed E-state index contributed by atoms with van der Waals surface area (Å²) in [7, 11) is 1.43. The maximum absolute atomic E-state index is 13.0. The predicted octanol–water partition coefficient (Wildman–Crippen LogP) is 7.85. The van der Waals surface area contributed by atoms with Gasteiger partial charge >= 0.3 is 6.09 Å². The van der Waals surface area contributed by atoms with E-state index in [1.54, 1.807) is 49.4 Å². The van der Waals surface area contributed by atoms with Crippen molar-refractivity contribution in [1.82, 2.24) is 0 Å². The highest BCUT2D eigenvalue weighted by molar-refractivity contribution is 6.53. The van der Waals surface area contributed by atoms with E-state index in [0.29, 0.717) is 38.2 Å². The van der Waals surface area contributed by atoms with Crippen molar-refractivity contribution < 1.29 is 19.5 Å². The number of anilines is 3. The van der Waals surface area contributed by atoms with Crippen molar-refractivity contribution in [3.8, 4) is 0 Å². The van der Waals surface area contributed by atoms with Gasteiger partial charge < -0.3 is 15.7 Å². The number of nitrogens with zero attached hydrogens (tertiary/aromatic N) is 1. The lowest BCUT2D eigenvalue weighted by atomic mass is 10.1. The molecule has 2 unspecified atom stereocenters. The zero-order chi connectivity index (χ0) is 27.9. The number of carbonyl (C=O) groups is 3. The molecular weight excluding hydrogens is 596 g/mol. The van der Waals surface area contributed by atoms with Crippen LogP contribution >= 0.6 is 58.0 Å². The Hall–Kier alpha value is -2.68. The molecule has 198 valence electrons. The largest absolute Gasteiger partial charge is 0.465 e. The lowest BCUT2D eigenvalue weighted by molar-refractivity contribution is -0.117. The van der Waals surface area contributed by atoms with E-state index in [0.717, 1.165) is 4.90 Å². The maximum atomic E-state index is 13.0. The van der Waals surface area contributed by atoms with Gasteiger partial charge in [0.05, 0.1) is 16.5 Å². The second-order valence-corrected chi connectivity index (χ2v) is 11.5. The van der Waals surface area contributed by atoms with Crippen molar-refractivity contribution in [2.45, 2.75) is 17.2 Å². The van der Waals surface area contributed by atoms with Crippen molar-refractivity contribution in [2.24, 2.45) is 5.92 Å². The van der Waals surface area contributed by atoms with E-state index in [-0.39, 0.29) is 10.6 Å². The third-order valence-electron chi connectivity index (χ3n) is 6.16. The van der Waals surface area contributed by atoms with Crippen molar-refractivity contribution in [2.75, 3.05) is 22.6 Å². The van der Waals surface area contributed by atoms with Gasteiger partial charge in [-0.25, -0.2) is 4.79 Å². The molecule has 7 nitrogen and oxygen atoms in total. The summed E-state index contributed by atoms with van der Waals surface area (Å²) >= 11 is 31.3. The molecule has 1 aliphatic carbocycles. The molecule has 0 radical (unpaired) electrons. The number of alkyl halides is 2. The molecule has 0 bridgehead atoms. The fraction of sp³-hybridized carbons (Fsp3) is 0.192. The quantitative estimate of drug-likeness (QED) is 0.246. The van der Waals surface area contributed by atoms with E-state index in [1.165, 1.54) is 19.2 Å². The Kier molecular flexibility index (Phi) is 8.07. The normalized spacial score (nSPS) is 17.4. The molecule has 3 amide bonds. The van der Waals surface area contributed by atoms with Crippen LogP contribution in [0.2, 0.25) is 15.1 Å². The minimum absolute atomic E-state index is 0.117. The molecule has 1 saturated carbocycles. The van der Waals surface area contributed by atoms with Gasteiger partial charge in [0, 0.05) is 40.1 Å². The van der Waals surface area contributed by atoms with Crippen LogP contribution in [-0.2, 0) is 4.79 Å². The number of benzene rings is 3. The zero-order valence-electron chi connectivity index (χ0n) is 19.9. The first kappa shape index (κ1) is 28.3. The lowest BCUT2D eigenvalue weighted by Crippen LogP contribution is -2.24. The third-order valence-corrected chi connectivity index (χ3v) is 7.87. The first-order chi connectivity index (χ1) is 17.8. The molecule has 3 aromatic carbocycles. The lowest BCUT2D eigenvalue weighted by Gasteiger charge is -2.17. The number of rotatable bonds is 6. The highest BCUT2D eigenvalue weighted by Gasteiger charge is 2.67. The predicted molar refractivity (Wildman–Crippen MR) is 153 cm³/mol. The molecule has 0 spiro atoms. The first-order valence-electron chi connectivity index (χ1n) is 11.1. The molecular formula is C26H20Cl5N3O4. The molecule has 0 heterocycles. The smallest absolute Gasteiger partial charge is 0.411 e. The summed E-state index contributed by atoms with van der Waals surface area (Å²) in [6, 6.07) is 14.2. The van der Waals surface area contributed by atoms with Crippen LogP contribution in [0.3, 0.4) is 0 Å². The molecule has 3 aromatic rings. The standard InChI is InChI=1S/C26H20Cl5N3O4/c1-12-7-16(4-6-20(12)34(2)25(37)38)32-23(35)18-11-17(3-5-19(18)29)33-24(36)22-21(26(22,30)31)13-8-14(27)10-15(28)9-13/h3-11,21-22H,1-2H3,(H,32,35)(H,33,36)(H,37,38). The number of aryl methyl sites for hydroxylation is 1. The molecule has 1 aliphatic rings. The molecule has 12 heteroatoms. The van der Waals surface area contributed by atoms with E-state index >= 15 is 0 Å². The average Bonchev–Trinajstić information content (AvgIpc) is 3.41. The Morgan fingerprint density at radius 2 is 1.50 bits per heavy atom. The summed E-state index contributed by atoms with van der Waals surface area (Å²) in [4.78, 5) is 38.3. The van der Waals surface area contributed by atoms with E-state index < -0.39 is 34.1 Å². The number of amides is 3. The van der Waals surface area contributed by atoms with Crippen molar-refractivity contribution in [3.63, 3.8) is 0 Å². The molecule has 3 N–H and O–H groups in total. The van der Waals surface area contributed by atoms with Gasteiger partial charge in [-0.15, -0.1) is 23.2 Å². The van der Waals surface area contributed by atoms with Gasteiger partial charge in [0.25, 0.3) is 5.91 Å². The monoisotopic (exact) mass is 613 g/mol. The van der Waals surface area contributed by atoms with E-state index in [4.69, 9.17) is 58.0 Å². The molecule has 38 heavy (non-hydrogen) atoms. The summed E-state index contributed by atoms with van der Waals surface area (Å²) in [5.41, 5.74) is 2.64. The van der Waals surface area contributed by atoms with Crippen LogP contribution in [0, 0.1) is 12.8 Å². The van der Waals surface area contributed by atoms with Gasteiger partial charge in [-0.3, -0.25) is 14.5 Å². The summed E-state index contributed by atoms with van der Waals surface area (Å²) < 4.78 is -1.36. The Bertz CT molecular complexity index is 1440. The summed E-state index contributed by atoms with van der Waals surface area (Å²) in [6.45, 7) is 1.73. The number of carboxylic acid groups (broad SMARTS) is 1. The Morgan fingerprint density at radius 3 is 2.11 bits per heavy atom. The third kappa shape index (κ3) is 5.82. The van der Waals surface area contributed by atoms with Gasteiger partial charge in [-0.05, 0) is 72.6 Å². The average molecular weight is 616 g/mol. The minimum Gasteiger partial charge on any atom is -0.465 e. The van der Waals surface area contributed by atoms with Gasteiger partial charge in [-0.1, -0.05) is 34.8 Å². The molecule has 0 aliphatic heterocycles. The summed E-state index contributed by atoms with van der Waals surface area (Å²) in [6.07, 6.45) is -1.11. The highest BCUT2D eigenvalue weighted by atomic mass is 35.5. The van der Waals surface area contributed by atoms with Crippen LogP contribution in [0.1, 0.15) is 27.4 Å². The van der Waals surface area contributed by atoms with Gasteiger partial charge in [-0.2, -0.15) is 0 Å². The Balaban J connectivity index is 1.49. The number of hydrogen-bond donors (Lipinski definition) is 3. The van der Waals surface area contributed by atoms with E-state index in [9.17, 15) is 19.5 Å². The van der Waals surface area contributed by atoms with Crippen LogP contribution in [0.15, 0.2) is 54.6 Å². The Labute approximate surface area is 243 Å². The van der Waals surface area contributed by atoms with Crippen molar-refractivity contribution in [3.05, 3.63) is 86.4 Å². The number of halogens is 5. The fourth-order valence-corrected chi connectivity index (χ4v) is 5.80. The molecule has 0 aromatic heterocycles. The minimum atomic E-state index is -1.36. The SMILES string of the molecule is Cc1cc(NC(=O)c2cc(NC(=O)C3C(c4cc(Cl)cc(Cl)c4)C3(Cl)Cl)ccc2Cl)ccc1N(C)C(=O)O. The van der Waals surface area contributed by atoms with Crippen LogP contribution < -0.4 is 15.5 Å². The van der Waals surface area contributed by atoms with Crippen molar-refractivity contribution in [1.29, 1.82) is 0 Å². The molecule has 1 fully saturated rings. The molecule has 4 rings (SSSR count). The van der Waals surface area contributed by atoms with Crippen LogP contribution in [-0.4, -0.2) is 34.4 Å². The highest BCUT2D eigenvalue weighted by Crippen LogP contribution is 2.65. The first-order valence-corrected chi connectivity index (χ1v) is 13.0. The van der Waals surface area contributed by atoms with E-state index in [2.05, 4.69) is 10.6 Å². The second kappa shape index (κ2) is 10.8. The van der Waals surface area contributed by atoms with Crippen molar-refractivity contribution >= 4 is 93.0 Å². The second-order valence-electron chi connectivity index (χ2n) is 8.81. The van der Waals surface area contributed by atoms with Gasteiger partial charge in [0.1, 0.15) is 4.33 Å².